The van der Waals surface area contributed by atoms with Crippen molar-refractivity contribution in [1.82, 2.24) is 14.5 Å². The zero-order chi connectivity index (χ0) is 28.2. The number of benzene rings is 1. The van der Waals surface area contributed by atoms with Gasteiger partial charge in [-0.1, -0.05) is 0 Å². The predicted octanol–water partition coefficient (Wildman–Crippen LogP) is 4.06. The van der Waals surface area contributed by atoms with Crippen molar-refractivity contribution < 1.29 is 23.8 Å². The Kier molecular flexibility index (Phi) is 6.55. The molecule has 1 aromatic carbocycles. The summed E-state index contributed by atoms with van der Waals surface area (Å²) in [5, 5.41) is 22.1. The van der Waals surface area contributed by atoms with Crippen molar-refractivity contribution in [3.05, 3.63) is 69.4 Å². The van der Waals surface area contributed by atoms with Gasteiger partial charge in [0.2, 0.25) is 5.43 Å². The van der Waals surface area contributed by atoms with E-state index in [-0.39, 0.29) is 29.2 Å². The number of nitrogens with zero attached hydrogens (tertiary/aromatic N) is 4. The Morgan fingerprint density at radius 2 is 1.95 bits per heavy atom. The van der Waals surface area contributed by atoms with Crippen LogP contribution in [-0.4, -0.2) is 58.5 Å². The largest absolute Gasteiger partial charge is 0.477 e. The predicted molar refractivity (Wildman–Crippen MR) is 145 cm³/mol. The number of nitrogens with one attached hydrogen (secondary N) is 1. The van der Waals surface area contributed by atoms with Gasteiger partial charge in [0.1, 0.15) is 11.2 Å². The van der Waals surface area contributed by atoms with Gasteiger partial charge >= 0.3 is 5.97 Å². The molecule has 39 heavy (non-hydrogen) atoms. The summed E-state index contributed by atoms with van der Waals surface area (Å²) in [6.45, 7) is 1.66. The average molecular weight is 536 g/mol. The minimum atomic E-state index is -1.38. The van der Waals surface area contributed by atoms with Crippen molar-refractivity contribution in [2.24, 2.45) is 0 Å². The van der Waals surface area contributed by atoms with Gasteiger partial charge in [0.15, 0.2) is 11.6 Å². The molecule has 0 amide bonds. The first-order valence-corrected chi connectivity index (χ1v) is 12.4. The molecule has 1 aliphatic carbocycles. The molecule has 0 radical (unpaired) electrons. The van der Waals surface area contributed by atoms with Gasteiger partial charge in [-0.3, -0.25) is 9.78 Å². The fourth-order valence-electron chi connectivity index (χ4n) is 5.31. The van der Waals surface area contributed by atoms with E-state index in [0.29, 0.717) is 52.2 Å². The van der Waals surface area contributed by atoms with Crippen molar-refractivity contribution in [3.8, 4) is 22.3 Å². The maximum atomic E-state index is 15.3. The van der Waals surface area contributed by atoms with Crippen molar-refractivity contribution in [1.29, 1.82) is 0 Å². The van der Waals surface area contributed by atoms with Crippen molar-refractivity contribution in [2.75, 3.05) is 38.0 Å². The molecule has 3 aromatic heterocycles. The number of aromatic nitrogens is 3. The summed E-state index contributed by atoms with van der Waals surface area (Å²) in [4.78, 5) is 36.0. The van der Waals surface area contributed by atoms with Crippen LogP contribution in [-0.2, 0) is 6.42 Å². The second kappa shape index (κ2) is 9.73. The summed E-state index contributed by atoms with van der Waals surface area (Å²) in [5.74, 6) is -3.32. The summed E-state index contributed by atoms with van der Waals surface area (Å²) >= 11 is 0. The number of aromatic carboxylic acids is 1. The monoisotopic (exact) mass is 535 g/mol. The number of carboxylic acid groups (broad SMARTS) is 1. The van der Waals surface area contributed by atoms with E-state index in [2.05, 4.69) is 15.3 Å². The summed E-state index contributed by atoms with van der Waals surface area (Å²) in [7, 11) is 5.18. The van der Waals surface area contributed by atoms with Crippen LogP contribution >= 0.6 is 0 Å². The lowest BCUT2D eigenvalue weighted by Crippen LogP contribution is -2.21. The highest BCUT2D eigenvalue weighted by molar-refractivity contribution is 5.98. The van der Waals surface area contributed by atoms with Gasteiger partial charge in [0.05, 0.1) is 16.8 Å². The highest BCUT2D eigenvalue weighted by Gasteiger charge is 2.33. The highest BCUT2D eigenvalue weighted by atomic mass is 19.2. The summed E-state index contributed by atoms with van der Waals surface area (Å²) in [5.41, 5.74) is 2.94. The van der Waals surface area contributed by atoms with Crippen molar-refractivity contribution in [3.63, 3.8) is 0 Å². The van der Waals surface area contributed by atoms with Gasteiger partial charge in [-0.15, -0.1) is 0 Å². The Bertz CT molecular complexity index is 1720. The van der Waals surface area contributed by atoms with Gasteiger partial charge in [0.25, 0.3) is 0 Å². The van der Waals surface area contributed by atoms with Crippen LogP contribution in [0.5, 0.6) is 0 Å². The first-order valence-electron chi connectivity index (χ1n) is 12.4. The van der Waals surface area contributed by atoms with Crippen molar-refractivity contribution in [2.45, 2.75) is 25.8 Å². The Hall–Kier alpha value is -4.38. The Labute approximate surface area is 222 Å². The van der Waals surface area contributed by atoms with Crippen LogP contribution < -0.4 is 15.6 Å². The highest BCUT2D eigenvalue weighted by Crippen LogP contribution is 2.49. The van der Waals surface area contributed by atoms with Crippen molar-refractivity contribution >= 4 is 28.4 Å². The molecule has 5 rings (SSSR count). The normalized spacial score (nSPS) is 12.8. The maximum Gasteiger partial charge on any atom is 0.341 e. The minimum Gasteiger partial charge on any atom is -0.477 e. The van der Waals surface area contributed by atoms with Crippen LogP contribution in [0.4, 0.5) is 20.2 Å². The number of fused-ring (bicyclic) bond motifs is 4. The maximum absolute atomic E-state index is 15.3. The molecule has 0 aliphatic heterocycles. The van der Waals surface area contributed by atoms with Crippen LogP contribution in [0.3, 0.4) is 0 Å². The average Bonchev–Trinajstić information content (AvgIpc) is 3.30. The lowest BCUT2D eigenvalue weighted by atomic mass is 9.97. The summed E-state index contributed by atoms with van der Waals surface area (Å²) in [6.07, 6.45) is 5.03. The topological polar surface area (TPSA) is 121 Å². The summed E-state index contributed by atoms with van der Waals surface area (Å²) in [6, 6.07) is 2.35. The zero-order valence-electron chi connectivity index (χ0n) is 21.8. The first-order chi connectivity index (χ1) is 18.6. The van der Waals surface area contributed by atoms with E-state index >= 15 is 4.39 Å². The molecule has 0 bridgehead atoms. The molecular weight excluding hydrogens is 508 g/mol. The van der Waals surface area contributed by atoms with Crippen LogP contribution in [0.1, 0.15) is 41.0 Å². The SMILES string of the molecule is CNc1cc(F)c(F)c2c1Cc1ncc(-c3cnc4c(c3)c(=O)c(C(=O)O)cn4C(C)CCO)c(N(C)C)c1-2. The smallest absolute Gasteiger partial charge is 0.341 e. The number of carbonyl (C=O) groups is 1. The molecule has 202 valence electrons. The van der Waals surface area contributed by atoms with E-state index in [9.17, 15) is 24.2 Å². The molecular formula is C28H27F2N5O4. The number of anilines is 2. The molecule has 9 nitrogen and oxygen atoms in total. The van der Waals surface area contributed by atoms with E-state index in [1.807, 2.05) is 0 Å². The fourth-order valence-corrected chi connectivity index (χ4v) is 5.31. The molecule has 4 aromatic rings. The fraction of sp³-hybridized carbons (Fsp3) is 0.286. The minimum absolute atomic E-state index is 0.0810. The second-order valence-corrected chi connectivity index (χ2v) is 9.78. The van der Waals surface area contributed by atoms with Gasteiger partial charge in [0, 0.05) is 92.8 Å². The Morgan fingerprint density at radius 1 is 1.21 bits per heavy atom. The molecule has 1 aliphatic rings. The third kappa shape index (κ3) is 4.09. The molecule has 3 heterocycles. The summed E-state index contributed by atoms with van der Waals surface area (Å²) < 4.78 is 31.4. The van der Waals surface area contributed by atoms with Crippen LogP contribution in [0, 0.1) is 11.6 Å². The third-order valence-electron chi connectivity index (χ3n) is 7.20. The number of hydrogen-bond donors (Lipinski definition) is 3. The van der Waals surface area contributed by atoms with E-state index in [0.717, 1.165) is 6.07 Å². The Balaban J connectivity index is 1.80. The van der Waals surface area contributed by atoms with Gasteiger partial charge in [-0.25, -0.2) is 18.6 Å². The number of hydrogen-bond acceptors (Lipinski definition) is 7. The molecule has 0 spiro atoms. The molecule has 0 fully saturated rings. The molecule has 3 N–H and O–H groups in total. The molecule has 1 atom stereocenters. The number of pyridine rings is 3. The number of rotatable bonds is 7. The van der Waals surface area contributed by atoms with Gasteiger partial charge in [-0.2, -0.15) is 0 Å². The van der Waals surface area contributed by atoms with E-state index in [1.165, 1.54) is 12.4 Å². The molecule has 1 unspecified atom stereocenters. The standard InChI is InChI=1S/C28H27F2N5O4/c1-13(5-6-36)35-12-18(28(38)39)26(37)16-7-14(10-33-27(16)35)17-11-32-21-8-15-20(31-2)9-19(29)24(30)22(15)23(21)25(17)34(3)4/h7,9-13,31,36H,5-6,8H2,1-4H3,(H,38,39). The van der Waals surface area contributed by atoms with E-state index in [1.54, 1.807) is 49.8 Å². The third-order valence-corrected chi connectivity index (χ3v) is 7.20. The molecule has 11 heteroatoms. The second-order valence-electron chi connectivity index (χ2n) is 9.78. The van der Waals surface area contributed by atoms with Crippen LogP contribution in [0.25, 0.3) is 33.3 Å². The molecule has 0 saturated carbocycles. The lowest BCUT2D eigenvalue weighted by Gasteiger charge is -2.23. The number of halogens is 2. The number of aliphatic hydroxyl groups excluding tert-OH is 1. The van der Waals surface area contributed by atoms with Gasteiger partial charge < -0.3 is 25.0 Å². The zero-order valence-corrected chi connectivity index (χ0v) is 21.8. The first kappa shape index (κ1) is 26.2. The van der Waals surface area contributed by atoms with Gasteiger partial charge in [-0.05, 0) is 25.0 Å². The van der Waals surface area contributed by atoms with E-state index in [4.69, 9.17) is 0 Å². The number of carboxylic acids is 1. The lowest BCUT2D eigenvalue weighted by molar-refractivity contribution is 0.0694. The quantitative estimate of drug-likeness (QED) is 0.285. The van der Waals surface area contributed by atoms with E-state index < -0.39 is 28.6 Å². The van der Waals surface area contributed by atoms with Crippen LogP contribution in [0.15, 0.2) is 35.5 Å². The Morgan fingerprint density at radius 3 is 2.59 bits per heavy atom. The van der Waals surface area contributed by atoms with Crippen LogP contribution in [0.2, 0.25) is 0 Å². The number of aliphatic hydroxyl groups is 1. The molecule has 0 saturated heterocycles.